The van der Waals surface area contributed by atoms with Crippen molar-refractivity contribution in [2.24, 2.45) is 7.05 Å². The van der Waals surface area contributed by atoms with Crippen LogP contribution in [-0.2, 0) is 12.5 Å². The predicted octanol–water partition coefficient (Wildman–Crippen LogP) is 3.82. The van der Waals surface area contributed by atoms with Gasteiger partial charge in [0.2, 0.25) is 0 Å². The Labute approximate surface area is 139 Å². The Bertz CT molecular complexity index is 736. The molecule has 0 amide bonds. The van der Waals surface area contributed by atoms with Crippen LogP contribution in [0.15, 0.2) is 35.3 Å². The van der Waals surface area contributed by atoms with Crippen molar-refractivity contribution in [2.45, 2.75) is 32.3 Å². The minimum absolute atomic E-state index is 0.0173. The van der Waals surface area contributed by atoms with Crippen LogP contribution in [0.3, 0.4) is 0 Å². The van der Waals surface area contributed by atoms with Gasteiger partial charge in [0.1, 0.15) is 6.67 Å². The highest BCUT2D eigenvalue weighted by Gasteiger charge is 2.19. The van der Waals surface area contributed by atoms with E-state index in [1.807, 2.05) is 24.3 Å². The molecule has 6 heteroatoms. The second-order valence-corrected chi connectivity index (χ2v) is 6.76. The van der Waals surface area contributed by atoms with Gasteiger partial charge in [0, 0.05) is 7.05 Å². The Morgan fingerprint density at radius 2 is 1.91 bits per heavy atom. The molecule has 23 heavy (non-hydrogen) atoms. The maximum atomic E-state index is 13.4. The zero-order chi connectivity index (χ0) is 17.2. The van der Waals surface area contributed by atoms with Crippen LogP contribution in [0.1, 0.15) is 38.0 Å². The molecule has 0 aliphatic rings. The first-order valence-electron chi connectivity index (χ1n) is 7.29. The van der Waals surface area contributed by atoms with Gasteiger partial charge >= 0.3 is 0 Å². The van der Waals surface area contributed by atoms with Gasteiger partial charge < -0.3 is 4.74 Å². The number of aromatic nitrogens is 2. The molecule has 0 spiro atoms. The highest BCUT2D eigenvalue weighted by Crippen LogP contribution is 2.28. The Balaban J connectivity index is 2.27. The molecule has 0 radical (unpaired) electrons. The van der Waals surface area contributed by atoms with Crippen molar-refractivity contribution in [3.63, 3.8) is 0 Å². The third kappa shape index (κ3) is 3.91. The smallest absolute Gasteiger partial charge is 0.289 e. The number of aryl methyl sites for hydroxylation is 1. The predicted molar refractivity (Wildman–Crippen MR) is 89.0 cm³/mol. The minimum atomic E-state index is -0.838. The molecule has 4 nitrogen and oxygen atoms in total. The van der Waals surface area contributed by atoms with Gasteiger partial charge in [-0.25, -0.2) is 9.07 Å². The molecule has 0 bridgehead atoms. The average Bonchev–Trinajstić information content (AvgIpc) is 2.51. The van der Waals surface area contributed by atoms with E-state index in [9.17, 15) is 9.18 Å². The normalized spacial score (nSPS) is 13.0. The van der Waals surface area contributed by atoms with Crippen LogP contribution in [0, 0.1) is 0 Å². The number of nitrogens with zero attached hydrogens (tertiary/aromatic N) is 2. The molecule has 1 unspecified atom stereocenters. The second-order valence-electron chi connectivity index (χ2n) is 6.38. The van der Waals surface area contributed by atoms with E-state index in [1.54, 1.807) is 0 Å². The van der Waals surface area contributed by atoms with E-state index in [2.05, 4.69) is 25.9 Å². The summed E-state index contributed by atoms with van der Waals surface area (Å²) in [6, 6.07) is 7.55. The molecule has 0 saturated heterocycles. The summed E-state index contributed by atoms with van der Waals surface area (Å²) in [5.41, 5.74) is 1.36. The number of hydrogen-bond donors (Lipinski definition) is 0. The summed E-state index contributed by atoms with van der Waals surface area (Å²) >= 11 is 5.95. The van der Waals surface area contributed by atoms with Gasteiger partial charge in [0.15, 0.2) is 16.9 Å². The first kappa shape index (κ1) is 17.5. The molecule has 1 heterocycles. The third-order valence-electron chi connectivity index (χ3n) is 3.60. The van der Waals surface area contributed by atoms with Gasteiger partial charge in [-0.05, 0) is 16.5 Å². The molecule has 124 valence electrons. The first-order chi connectivity index (χ1) is 10.7. The van der Waals surface area contributed by atoms with Crippen molar-refractivity contribution in [2.75, 3.05) is 6.67 Å². The summed E-state index contributed by atoms with van der Waals surface area (Å²) in [6.45, 7) is 5.59. The molecule has 0 fully saturated rings. The van der Waals surface area contributed by atoms with E-state index in [-0.39, 0.29) is 16.2 Å². The molecule has 2 rings (SSSR count). The molecule has 0 aliphatic carbocycles. The van der Waals surface area contributed by atoms with E-state index < -0.39 is 18.3 Å². The molecule has 0 aliphatic heterocycles. The number of rotatable bonds is 4. The highest BCUT2D eigenvalue weighted by molar-refractivity contribution is 6.31. The highest BCUT2D eigenvalue weighted by atomic mass is 35.5. The Hall–Kier alpha value is -1.88. The fourth-order valence-electron chi connectivity index (χ4n) is 2.12. The van der Waals surface area contributed by atoms with Crippen LogP contribution in [0.2, 0.25) is 5.02 Å². The number of benzene rings is 1. The van der Waals surface area contributed by atoms with Crippen LogP contribution in [0.5, 0.6) is 5.75 Å². The summed E-state index contributed by atoms with van der Waals surface area (Å²) in [5.74, 6) is 0.0808. The standard InChI is InChI=1S/C17H20ClFN2O2/c1-17(2,3)12-7-5-11(6-8-12)13(9-19)23-14-10-20-21(4)16(22)15(14)18/h5-8,10,13H,9H2,1-4H3/i19-1. The number of ether oxygens (including phenoxy) is 1. The minimum Gasteiger partial charge on any atom is -0.480 e. The van der Waals surface area contributed by atoms with Crippen molar-refractivity contribution in [3.05, 3.63) is 57.0 Å². The molecule has 0 saturated carbocycles. The van der Waals surface area contributed by atoms with Crippen molar-refractivity contribution in [1.29, 1.82) is 0 Å². The lowest BCUT2D eigenvalue weighted by atomic mass is 9.86. The zero-order valence-electron chi connectivity index (χ0n) is 13.6. The largest absolute Gasteiger partial charge is 0.480 e. The summed E-state index contributed by atoms with van der Waals surface area (Å²) in [5, 5.41) is 3.73. The summed E-state index contributed by atoms with van der Waals surface area (Å²) in [4.78, 5) is 11.7. The van der Waals surface area contributed by atoms with Crippen LogP contribution in [-0.4, -0.2) is 16.5 Å². The Morgan fingerprint density at radius 3 is 2.43 bits per heavy atom. The van der Waals surface area contributed by atoms with E-state index in [0.717, 1.165) is 10.2 Å². The maximum Gasteiger partial charge on any atom is 0.289 e. The molecule has 1 aromatic carbocycles. The summed E-state index contributed by atoms with van der Waals surface area (Å²) < 4.78 is 20.1. The van der Waals surface area contributed by atoms with Gasteiger partial charge in [0.05, 0.1) is 6.20 Å². The van der Waals surface area contributed by atoms with E-state index in [4.69, 9.17) is 16.3 Å². The van der Waals surface area contributed by atoms with E-state index in [1.165, 1.54) is 13.2 Å². The number of hydrogen-bond acceptors (Lipinski definition) is 3. The Morgan fingerprint density at radius 1 is 1.30 bits per heavy atom. The van der Waals surface area contributed by atoms with E-state index in [0.29, 0.717) is 5.56 Å². The molecule has 0 N–H and O–H groups in total. The third-order valence-corrected chi connectivity index (χ3v) is 3.95. The van der Waals surface area contributed by atoms with Gasteiger partial charge in [-0.3, -0.25) is 4.79 Å². The molecular weight excluding hydrogens is 318 g/mol. The number of halogens is 2. The quantitative estimate of drug-likeness (QED) is 0.851. The fourth-order valence-corrected chi connectivity index (χ4v) is 2.33. The van der Waals surface area contributed by atoms with Gasteiger partial charge in [-0.15, -0.1) is 0 Å². The van der Waals surface area contributed by atoms with Crippen LogP contribution >= 0.6 is 11.6 Å². The lowest BCUT2D eigenvalue weighted by molar-refractivity contribution is 0.165. The maximum absolute atomic E-state index is 13.4. The number of alkyl halides is 1. The van der Waals surface area contributed by atoms with Gasteiger partial charge in [-0.1, -0.05) is 56.6 Å². The van der Waals surface area contributed by atoms with Crippen LogP contribution in [0.25, 0.3) is 0 Å². The molecule has 2 aromatic rings. The van der Waals surface area contributed by atoms with Gasteiger partial charge in [0.25, 0.3) is 5.56 Å². The summed E-state index contributed by atoms with van der Waals surface area (Å²) in [6.07, 6.45) is 0.478. The molecule has 1 aromatic heterocycles. The monoisotopic (exact) mass is 337 g/mol. The lowest BCUT2D eigenvalue weighted by Crippen LogP contribution is -2.21. The Kier molecular flexibility index (Phi) is 5.09. The second kappa shape index (κ2) is 6.71. The van der Waals surface area contributed by atoms with Gasteiger partial charge in [-0.2, -0.15) is 5.10 Å². The van der Waals surface area contributed by atoms with Crippen LogP contribution < -0.4 is 10.3 Å². The van der Waals surface area contributed by atoms with Crippen molar-refractivity contribution < 1.29 is 9.13 Å². The van der Waals surface area contributed by atoms with Crippen LogP contribution in [0.4, 0.5) is 4.39 Å². The van der Waals surface area contributed by atoms with Crippen molar-refractivity contribution in [3.8, 4) is 5.75 Å². The topological polar surface area (TPSA) is 44.1 Å². The van der Waals surface area contributed by atoms with Crippen molar-refractivity contribution >= 4 is 11.6 Å². The molecular formula is C17H20ClFN2O2. The SMILES string of the molecule is Cn1ncc(OC(C[18F])c2ccc(C(C)(C)C)cc2)c(Cl)c1=O. The first-order valence-corrected chi connectivity index (χ1v) is 7.66. The lowest BCUT2D eigenvalue weighted by Gasteiger charge is -2.21. The fraction of sp³-hybridized carbons (Fsp3) is 0.412. The average molecular weight is 338 g/mol. The van der Waals surface area contributed by atoms with E-state index >= 15 is 0 Å². The van der Waals surface area contributed by atoms with Crippen molar-refractivity contribution in [1.82, 2.24) is 9.78 Å². The zero-order valence-corrected chi connectivity index (χ0v) is 14.4. The molecule has 1 atom stereocenters. The summed E-state index contributed by atoms with van der Waals surface area (Å²) in [7, 11) is 1.48.